The van der Waals surface area contributed by atoms with Crippen LogP contribution in [0.4, 0.5) is 5.82 Å². The second kappa shape index (κ2) is 9.94. The lowest BCUT2D eigenvalue weighted by Gasteiger charge is -2.15. The molecule has 3 aromatic heterocycles. The number of methoxy groups -OCH3 is 1. The van der Waals surface area contributed by atoms with Gasteiger partial charge >= 0.3 is 0 Å². The Hall–Kier alpha value is -3.54. The van der Waals surface area contributed by atoms with Crippen molar-refractivity contribution in [2.45, 2.75) is 0 Å². The fourth-order valence-corrected chi connectivity index (χ4v) is 4.27. The van der Waals surface area contributed by atoms with Crippen LogP contribution in [0.15, 0.2) is 65.0 Å². The van der Waals surface area contributed by atoms with Crippen LogP contribution in [0.2, 0.25) is 5.15 Å². The lowest BCUT2D eigenvalue weighted by Crippen LogP contribution is -2.13. The van der Waals surface area contributed by atoms with Crippen molar-refractivity contribution in [3.63, 3.8) is 0 Å². The first-order valence-electron chi connectivity index (χ1n) is 9.34. The number of benzene rings is 1. The molecule has 0 saturated heterocycles. The largest absolute Gasteiger partial charge is 0.493 e. The van der Waals surface area contributed by atoms with Crippen molar-refractivity contribution in [1.29, 1.82) is 0 Å². The summed E-state index contributed by atoms with van der Waals surface area (Å²) in [6.07, 6.45) is 4.47. The molecule has 0 amide bonds. The molecule has 1 N–H and O–H groups in total. The van der Waals surface area contributed by atoms with Gasteiger partial charge in [0.05, 0.1) is 12.5 Å². The standard InChI is InChI=1S/C21H16ClN5O4S2/c1-30-15-5-2-3-6-16(15)31-17-18(22)25-21(20-23-9-4-10-24-20)26-19(17)27-33(28,29)12-8-14-7-11-32-13-14/h2-13H,1H3,(H,25,26,27)/b12-8+. The van der Waals surface area contributed by atoms with E-state index in [-0.39, 0.29) is 28.4 Å². The van der Waals surface area contributed by atoms with E-state index in [1.165, 1.54) is 36.9 Å². The van der Waals surface area contributed by atoms with Crippen molar-refractivity contribution in [1.82, 2.24) is 19.9 Å². The second-order valence-corrected chi connectivity index (χ2v) is 9.05. The van der Waals surface area contributed by atoms with Crippen molar-refractivity contribution in [2.24, 2.45) is 0 Å². The third kappa shape index (κ3) is 5.64. The van der Waals surface area contributed by atoms with Gasteiger partial charge in [0.1, 0.15) is 0 Å². The number of ether oxygens (including phenoxy) is 2. The Morgan fingerprint density at radius 2 is 1.79 bits per heavy atom. The average molecular weight is 502 g/mol. The molecule has 0 radical (unpaired) electrons. The van der Waals surface area contributed by atoms with Gasteiger partial charge in [-0.05, 0) is 46.7 Å². The van der Waals surface area contributed by atoms with Gasteiger partial charge in [0.25, 0.3) is 10.0 Å². The van der Waals surface area contributed by atoms with E-state index in [9.17, 15) is 8.42 Å². The van der Waals surface area contributed by atoms with Gasteiger partial charge in [-0.25, -0.2) is 28.4 Å². The monoisotopic (exact) mass is 501 g/mol. The van der Waals surface area contributed by atoms with Crippen LogP contribution in [-0.2, 0) is 10.0 Å². The normalized spacial score (nSPS) is 11.5. The van der Waals surface area contributed by atoms with E-state index in [1.807, 2.05) is 10.8 Å². The van der Waals surface area contributed by atoms with Crippen LogP contribution >= 0.6 is 22.9 Å². The fourth-order valence-electron chi connectivity index (χ4n) is 2.62. The third-order valence-corrected chi connectivity index (χ3v) is 6.02. The molecule has 9 nitrogen and oxygen atoms in total. The molecule has 33 heavy (non-hydrogen) atoms. The van der Waals surface area contributed by atoms with Gasteiger partial charge < -0.3 is 9.47 Å². The molecule has 0 aliphatic rings. The summed E-state index contributed by atoms with van der Waals surface area (Å²) < 4.78 is 39.1. The molecule has 12 heteroatoms. The van der Waals surface area contributed by atoms with Gasteiger partial charge in [-0.15, -0.1) is 0 Å². The highest BCUT2D eigenvalue weighted by molar-refractivity contribution is 7.95. The van der Waals surface area contributed by atoms with Gasteiger partial charge in [-0.2, -0.15) is 11.3 Å². The molecule has 0 bridgehead atoms. The number of para-hydroxylation sites is 2. The number of anilines is 1. The SMILES string of the molecule is COc1ccccc1Oc1c(Cl)nc(-c2ncccn2)nc1NS(=O)(=O)/C=C/c1ccsc1. The number of hydrogen-bond donors (Lipinski definition) is 1. The highest BCUT2D eigenvalue weighted by Gasteiger charge is 2.22. The minimum Gasteiger partial charge on any atom is -0.493 e. The molecule has 0 unspecified atom stereocenters. The predicted molar refractivity (Wildman–Crippen MR) is 127 cm³/mol. The van der Waals surface area contributed by atoms with Crippen LogP contribution in [-0.4, -0.2) is 35.5 Å². The summed E-state index contributed by atoms with van der Waals surface area (Å²) in [6, 6.07) is 10.2. The molecule has 4 aromatic rings. The summed E-state index contributed by atoms with van der Waals surface area (Å²) in [5.41, 5.74) is 0.745. The van der Waals surface area contributed by atoms with Gasteiger partial charge in [-0.3, -0.25) is 4.72 Å². The van der Waals surface area contributed by atoms with E-state index in [2.05, 4.69) is 24.7 Å². The highest BCUT2D eigenvalue weighted by Crippen LogP contribution is 2.39. The Morgan fingerprint density at radius 3 is 2.48 bits per heavy atom. The molecule has 3 heterocycles. The molecular formula is C21H16ClN5O4S2. The minimum absolute atomic E-state index is 0.0208. The maximum absolute atomic E-state index is 12.8. The number of nitrogens with one attached hydrogen (secondary N) is 1. The van der Waals surface area contributed by atoms with Crippen LogP contribution in [0, 0.1) is 0 Å². The van der Waals surface area contributed by atoms with Gasteiger partial charge in [0, 0.05) is 12.4 Å². The third-order valence-electron chi connectivity index (χ3n) is 4.09. The van der Waals surface area contributed by atoms with Crippen LogP contribution in [0.25, 0.3) is 17.7 Å². The van der Waals surface area contributed by atoms with E-state index < -0.39 is 10.0 Å². The lowest BCUT2D eigenvalue weighted by atomic mass is 10.3. The first kappa shape index (κ1) is 22.6. The number of hydrogen-bond acceptors (Lipinski definition) is 9. The molecule has 0 saturated carbocycles. The molecule has 168 valence electrons. The summed E-state index contributed by atoms with van der Waals surface area (Å²) in [5.74, 6) is 0.607. The van der Waals surface area contributed by atoms with E-state index in [0.29, 0.717) is 11.5 Å². The number of rotatable bonds is 8. The fraction of sp³-hybridized carbons (Fsp3) is 0.0476. The van der Waals surface area contributed by atoms with Crippen LogP contribution < -0.4 is 14.2 Å². The average Bonchev–Trinajstić information content (AvgIpc) is 3.34. The molecule has 0 atom stereocenters. The molecule has 0 aliphatic carbocycles. The number of halogens is 1. The Balaban J connectivity index is 1.76. The van der Waals surface area contributed by atoms with Crippen molar-refractivity contribution in [2.75, 3.05) is 11.8 Å². The van der Waals surface area contributed by atoms with Crippen molar-refractivity contribution < 1.29 is 17.9 Å². The molecule has 4 rings (SSSR count). The minimum atomic E-state index is -3.98. The van der Waals surface area contributed by atoms with Crippen LogP contribution in [0.5, 0.6) is 17.2 Å². The number of thiophene rings is 1. The first-order chi connectivity index (χ1) is 15.9. The molecule has 0 fully saturated rings. The first-order valence-corrected chi connectivity index (χ1v) is 12.2. The zero-order valence-electron chi connectivity index (χ0n) is 17.0. The summed E-state index contributed by atoms with van der Waals surface area (Å²) in [5, 5.41) is 4.54. The Bertz CT molecular complexity index is 1380. The van der Waals surface area contributed by atoms with Gasteiger partial charge in [0.15, 0.2) is 28.3 Å². The number of sulfonamides is 1. The molecule has 1 aromatic carbocycles. The number of nitrogens with zero attached hydrogens (tertiary/aromatic N) is 4. The zero-order valence-corrected chi connectivity index (χ0v) is 19.4. The van der Waals surface area contributed by atoms with Crippen molar-refractivity contribution in [3.05, 3.63) is 75.7 Å². The van der Waals surface area contributed by atoms with E-state index in [0.717, 1.165) is 11.0 Å². The Labute approximate surface area is 198 Å². The van der Waals surface area contributed by atoms with Gasteiger partial charge in [-0.1, -0.05) is 23.7 Å². The van der Waals surface area contributed by atoms with Crippen molar-refractivity contribution in [3.8, 4) is 28.9 Å². The topological polar surface area (TPSA) is 116 Å². The summed E-state index contributed by atoms with van der Waals surface area (Å²) in [7, 11) is -2.50. The second-order valence-electron chi connectivity index (χ2n) is 6.35. The molecule has 0 aliphatic heterocycles. The smallest absolute Gasteiger partial charge is 0.256 e. The van der Waals surface area contributed by atoms with E-state index in [1.54, 1.807) is 36.4 Å². The maximum atomic E-state index is 12.8. The quantitative estimate of drug-likeness (QED) is 0.340. The van der Waals surface area contributed by atoms with Gasteiger partial charge in [0.2, 0.25) is 11.6 Å². The summed E-state index contributed by atoms with van der Waals surface area (Å²) >= 11 is 7.85. The predicted octanol–water partition coefficient (Wildman–Crippen LogP) is 4.86. The summed E-state index contributed by atoms with van der Waals surface area (Å²) in [6.45, 7) is 0. The number of aromatic nitrogens is 4. The van der Waals surface area contributed by atoms with E-state index >= 15 is 0 Å². The molecule has 0 spiro atoms. The van der Waals surface area contributed by atoms with Crippen LogP contribution in [0.3, 0.4) is 0 Å². The zero-order chi connectivity index (χ0) is 23.3. The van der Waals surface area contributed by atoms with E-state index in [4.69, 9.17) is 21.1 Å². The van der Waals surface area contributed by atoms with Crippen LogP contribution in [0.1, 0.15) is 5.56 Å². The molecular weight excluding hydrogens is 486 g/mol. The lowest BCUT2D eigenvalue weighted by molar-refractivity contribution is 0.378. The maximum Gasteiger partial charge on any atom is 0.256 e. The van der Waals surface area contributed by atoms with Crippen molar-refractivity contribution >= 4 is 44.9 Å². The highest BCUT2D eigenvalue weighted by atomic mass is 35.5. The Kier molecular flexibility index (Phi) is 6.82. The Morgan fingerprint density at radius 1 is 1.03 bits per heavy atom. The summed E-state index contributed by atoms with van der Waals surface area (Å²) in [4.78, 5) is 16.6.